The highest BCUT2D eigenvalue weighted by atomic mass is 32.1. The van der Waals surface area contributed by atoms with Crippen LogP contribution in [0.25, 0.3) is 10.2 Å². The Bertz CT molecular complexity index is 690. The summed E-state index contributed by atoms with van der Waals surface area (Å²) in [6.07, 6.45) is 5.18. The van der Waals surface area contributed by atoms with Crippen molar-refractivity contribution in [1.29, 1.82) is 0 Å². The van der Waals surface area contributed by atoms with E-state index in [-0.39, 0.29) is 11.8 Å². The summed E-state index contributed by atoms with van der Waals surface area (Å²) < 4.78 is 1.22. The molecule has 0 unspecified atom stereocenters. The molecule has 0 N–H and O–H groups in total. The van der Waals surface area contributed by atoms with Gasteiger partial charge >= 0.3 is 0 Å². The number of hydrogen-bond donors (Lipinski definition) is 0. The van der Waals surface area contributed by atoms with Crippen molar-refractivity contribution in [2.75, 3.05) is 13.7 Å². The van der Waals surface area contributed by atoms with Gasteiger partial charge in [0.1, 0.15) is 5.01 Å². The van der Waals surface area contributed by atoms with Crippen LogP contribution in [0.1, 0.15) is 11.4 Å². The van der Waals surface area contributed by atoms with Crippen LogP contribution in [0.4, 0.5) is 0 Å². The second-order valence-corrected chi connectivity index (χ2v) is 6.95. The normalized spacial score (nSPS) is 23.9. The number of hydrogen-bond acceptors (Lipinski definition) is 4. The van der Waals surface area contributed by atoms with Gasteiger partial charge in [-0.25, -0.2) is 4.98 Å². The lowest BCUT2D eigenvalue weighted by Gasteiger charge is -2.28. The lowest BCUT2D eigenvalue weighted by atomic mass is 10.1. The van der Waals surface area contributed by atoms with E-state index in [1.54, 1.807) is 11.3 Å². The lowest BCUT2D eigenvalue weighted by Crippen LogP contribution is -2.42. The van der Waals surface area contributed by atoms with Crippen LogP contribution in [0.2, 0.25) is 0 Å². The number of carbonyl (C=O) groups is 1. The molecular formula is C16H17N3OS. The third-order valence-corrected chi connectivity index (χ3v) is 5.22. The fourth-order valence-electron chi connectivity index (χ4n) is 3.17. The summed E-state index contributed by atoms with van der Waals surface area (Å²) in [5, 5.41) is 1.10. The molecule has 4 nitrogen and oxygen atoms in total. The second kappa shape index (κ2) is 4.93. The summed E-state index contributed by atoms with van der Waals surface area (Å²) >= 11 is 1.73. The molecule has 108 valence electrons. The number of para-hydroxylation sites is 1. The summed E-state index contributed by atoms with van der Waals surface area (Å²) in [5.41, 5.74) is 1.06. The van der Waals surface area contributed by atoms with Crippen LogP contribution in [0.15, 0.2) is 36.4 Å². The zero-order valence-corrected chi connectivity index (χ0v) is 12.7. The van der Waals surface area contributed by atoms with Crippen molar-refractivity contribution in [3.05, 3.63) is 41.4 Å². The minimum absolute atomic E-state index is 0.130. The Labute approximate surface area is 127 Å². The first-order valence-corrected chi connectivity index (χ1v) is 8.04. The van der Waals surface area contributed by atoms with Crippen molar-refractivity contribution < 1.29 is 4.79 Å². The molecule has 2 atom stereocenters. The first kappa shape index (κ1) is 13.0. The quantitative estimate of drug-likeness (QED) is 0.814. The number of amides is 1. The van der Waals surface area contributed by atoms with Gasteiger partial charge in [0.2, 0.25) is 5.91 Å². The highest BCUT2D eigenvalue weighted by Crippen LogP contribution is 2.32. The van der Waals surface area contributed by atoms with Crippen LogP contribution in [0, 0.1) is 5.92 Å². The maximum atomic E-state index is 12.1. The molecule has 2 heterocycles. The SMILES string of the molecule is CN(Cc1nc2ccccc2s1)CN1C(=O)[C@H]2C=C[C@H]1C2. The Balaban J connectivity index is 1.45. The van der Waals surface area contributed by atoms with Crippen LogP contribution in [0.3, 0.4) is 0 Å². The molecule has 2 aromatic rings. The van der Waals surface area contributed by atoms with Gasteiger partial charge in [0.05, 0.1) is 35.4 Å². The first-order chi connectivity index (χ1) is 10.2. The Morgan fingerprint density at radius 1 is 1.38 bits per heavy atom. The molecule has 1 fully saturated rings. The van der Waals surface area contributed by atoms with Gasteiger partial charge < -0.3 is 4.90 Å². The Hall–Kier alpha value is -1.72. The van der Waals surface area contributed by atoms with E-state index >= 15 is 0 Å². The molecule has 1 saturated heterocycles. The summed E-state index contributed by atoms with van der Waals surface area (Å²) in [6, 6.07) is 8.51. The maximum Gasteiger partial charge on any atom is 0.231 e. The molecule has 1 amide bonds. The number of carbonyl (C=O) groups excluding carboxylic acids is 1. The smallest absolute Gasteiger partial charge is 0.231 e. The van der Waals surface area contributed by atoms with E-state index in [0.29, 0.717) is 12.7 Å². The average molecular weight is 299 g/mol. The lowest BCUT2D eigenvalue weighted by molar-refractivity contribution is -0.132. The van der Waals surface area contributed by atoms with Gasteiger partial charge in [-0.3, -0.25) is 9.69 Å². The monoisotopic (exact) mass is 299 g/mol. The second-order valence-electron chi connectivity index (χ2n) is 5.83. The fraction of sp³-hybridized carbons (Fsp3) is 0.375. The van der Waals surface area contributed by atoms with Crippen LogP contribution in [-0.4, -0.2) is 40.4 Å². The van der Waals surface area contributed by atoms with Crippen molar-refractivity contribution in [2.24, 2.45) is 5.92 Å². The molecule has 1 aliphatic carbocycles. The van der Waals surface area contributed by atoms with Crippen molar-refractivity contribution in [3.63, 3.8) is 0 Å². The highest BCUT2D eigenvalue weighted by Gasteiger charge is 2.40. The molecule has 1 aromatic carbocycles. The van der Waals surface area contributed by atoms with E-state index in [4.69, 9.17) is 0 Å². The number of benzene rings is 1. The number of aromatic nitrogens is 1. The van der Waals surface area contributed by atoms with Gasteiger partial charge in [0.15, 0.2) is 0 Å². The largest absolute Gasteiger partial charge is 0.323 e. The molecule has 1 aliphatic heterocycles. The fourth-order valence-corrected chi connectivity index (χ4v) is 4.22. The molecule has 4 rings (SSSR count). The maximum absolute atomic E-state index is 12.1. The van der Waals surface area contributed by atoms with Gasteiger partial charge in [-0.15, -0.1) is 11.3 Å². The molecule has 21 heavy (non-hydrogen) atoms. The number of nitrogens with zero attached hydrogens (tertiary/aromatic N) is 3. The molecule has 0 spiro atoms. The van der Waals surface area contributed by atoms with E-state index in [0.717, 1.165) is 23.5 Å². The van der Waals surface area contributed by atoms with E-state index in [2.05, 4.69) is 35.1 Å². The predicted octanol–water partition coefficient (Wildman–Crippen LogP) is 2.47. The van der Waals surface area contributed by atoms with Gasteiger partial charge in [0, 0.05) is 0 Å². The van der Waals surface area contributed by atoms with Gasteiger partial charge in [0.25, 0.3) is 0 Å². The average Bonchev–Trinajstić information content (AvgIpc) is 3.15. The topological polar surface area (TPSA) is 36.4 Å². The van der Waals surface area contributed by atoms with Crippen molar-refractivity contribution in [1.82, 2.24) is 14.8 Å². The van der Waals surface area contributed by atoms with Crippen LogP contribution < -0.4 is 0 Å². The van der Waals surface area contributed by atoms with Crippen molar-refractivity contribution >= 4 is 27.5 Å². The van der Waals surface area contributed by atoms with Crippen molar-refractivity contribution in [2.45, 2.75) is 19.0 Å². The zero-order chi connectivity index (χ0) is 14.4. The molecule has 5 heteroatoms. The molecule has 0 radical (unpaired) electrons. The van der Waals surface area contributed by atoms with Crippen LogP contribution in [0.5, 0.6) is 0 Å². The minimum Gasteiger partial charge on any atom is -0.323 e. The summed E-state index contributed by atoms with van der Waals surface area (Å²) in [7, 11) is 2.05. The third kappa shape index (κ3) is 2.26. The van der Waals surface area contributed by atoms with E-state index in [1.807, 2.05) is 23.1 Å². The van der Waals surface area contributed by atoms with Crippen LogP contribution >= 0.6 is 11.3 Å². The molecular weight excluding hydrogens is 282 g/mol. The third-order valence-electron chi connectivity index (χ3n) is 4.20. The summed E-state index contributed by atoms with van der Waals surface area (Å²) in [4.78, 5) is 20.9. The zero-order valence-electron chi connectivity index (χ0n) is 11.9. The number of rotatable bonds is 4. The minimum atomic E-state index is 0.130. The summed E-state index contributed by atoms with van der Waals surface area (Å²) in [6.45, 7) is 1.46. The molecule has 2 aliphatic rings. The molecule has 2 bridgehead atoms. The van der Waals surface area contributed by atoms with Crippen LogP contribution in [-0.2, 0) is 11.3 Å². The Morgan fingerprint density at radius 3 is 3.00 bits per heavy atom. The highest BCUT2D eigenvalue weighted by molar-refractivity contribution is 7.18. The van der Waals surface area contributed by atoms with E-state index in [1.165, 1.54) is 4.70 Å². The number of likely N-dealkylation sites (tertiary alicyclic amines) is 1. The standard InChI is InChI=1S/C16H17N3OS/c1-18(10-19-12-7-6-11(8-12)16(19)20)9-15-17-13-4-2-3-5-14(13)21-15/h2-7,11-12H,8-10H2,1H3/t11-,12-/m0/s1. The van der Waals surface area contributed by atoms with E-state index < -0.39 is 0 Å². The van der Waals surface area contributed by atoms with Gasteiger partial charge in [-0.1, -0.05) is 24.3 Å². The van der Waals surface area contributed by atoms with E-state index in [9.17, 15) is 4.79 Å². The molecule has 0 saturated carbocycles. The molecule has 1 aromatic heterocycles. The predicted molar refractivity (Wildman–Crippen MR) is 83.8 cm³/mol. The summed E-state index contributed by atoms with van der Waals surface area (Å²) in [5.74, 6) is 0.407. The van der Waals surface area contributed by atoms with Gasteiger partial charge in [-0.2, -0.15) is 0 Å². The Morgan fingerprint density at radius 2 is 2.24 bits per heavy atom. The number of thiazole rings is 1. The van der Waals surface area contributed by atoms with Gasteiger partial charge in [-0.05, 0) is 25.6 Å². The van der Waals surface area contributed by atoms with Crippen molar-refractivity contribution in [3.8, 4) is 0 Å². The first-order valence-electron chi connectivity index (χ1n) is 7.22. The Kier molecular flexibility index (Phi) is 3.05. The number of fused-ring (bicyclic) bond motifs is 3.